The Labute approximate surface area is 317 Å². The van der Waals surface area contributed by atoms with Gasteiger partial charge >= 0.3 is 0 Å². The molecule has 6 aromatic carbocycles. The van der Waals surface area contributed by atoms with Gasteiger partial charge in [0.05, 0.1) is 27.2 Å². The molecule has 7 aromatic rings. The van der Waals surface area contributed by atoms with Gasteiger partial charge in [0.25, 0.3) is 6.71 Å². The average Bonchev–Trinajstić information content (AvgIpc) is 3.49. The van der Waals surface area contributed by atoms with Crippen LogP contribution in [0.4, 0.5) is 34.1 Å². The fourth-order valence-electron chi connectivity index (χ4n) is 8.55. The maximum Gasteiger partial charge on any atom is 0.252 e. The van der Waals surface area contributed by atoms with Crippen LogP contribution in [0.15, 0.2) is 120 Å². The van der Waals surface area contributed by atoms with Crippen molar-refractivity contribution in [2.75, 3.05) is 9.80 Å². The lowest BCUT2D eigenvalue weighted by molar-refractivity contribution is 0.590. The van der Waals surface area contributed by atoms with Crippen molar-refractivity contribution in [1.29, 1.82) is 0 Å². The summed E-state index contributed by atoms with van der Waals surface area (Å²) in [5.74, 6) is 0. The van der Waals surface area contributed by atoms with E-state index in [-0.39, 0.29) is 12.1 Å². The Bertz CT molecular complexity index is 2590. The predicted molar refractivity (Wildman–Crippen MR) is 237 cm³/mol. The van der Waals surface area contributed by atoms with Crippen LogP contribution >= 0.6 is 0 Å². The molecule has 1 aromatic heterocycles. The van der Waals surface area contributed by atoms with E-state index in [1.54, 1.807) is 0 Å². The van der Waals surface area contributed by atoms with Gasteiger partial charge in [-0.05, 0) is 88.9 Å². The number of anilines is 6. The number of hydrogen-bond acceptors (Lipinski definition) is 3. The third-order valence-electron chi connectivity index (χ3n) is 11.6. The highest BCUT2D eigenvalue weighted by atomic mass is 28.3. The van der Waals surface area contributed by atoms with Crippen LogP contribution in [0.2, 0.25) is 39.3 Å². The minimum atomic E-state index is -1.66. The summed E-state index contributed by atoms with van der Waals surface area (Å²) in [5.41, 5.74) is 15.8. The van der Waals surface area contributed by atoms with Gasteiger partial charge in [0.15, 0.2) is 0 Å². The highest BCUT2D eigenvalue weighted by Crippen LogP contribution is 2.48. The molecule has 0 atom stereocenters. The number of aryl methyl sites for hydroxylation is 1. The van der Waals surface area contributed by atoms with Gasteiger partial charge in [-0.15, -0.1) is 0 Å². The molecule has 6 heteroatoms. The second-order valence-corrected chi connectivity index (χ2v) is 28.6. The topological polar surface area (TPSA) is 19.6 Å². The summed E-state index contributed by atoms with van der Waals surface area (Å²) in [6.07, 6.45) is 0. The molecule has 0 saturated carbocycles. The van der Waals surface area contributed by atoms with Gasteiger partial charge < -0.3 is 14.2 Å². The molecule has 0 unspecified atom stereocenters. The summed E-state index contributed by atoms with van der Waals surface area (Å²) >= 11 is 0. The first-order valence-corrected chi connectivity index (χ1v) is 26.1. The Morgan fingerprint density at radius 3 is 1.83 bits per heavy atom. The highest BCUT2D eigenvalue weighted by molar-refractivity contribution is 7.01. The van der Waals surface area contributed by atoms with Gasteiger partial charge in [-0.2, -0.15) is 0 Å². The summed E-state index contributed by atoms with van der Waals surface area (Å²) in [6.45, 7) is 24.0. The Hall–Kier alpha value is -4.78. The number of nitrogens with zero attached hydrogens (tertiary/aromatic N) is 2. The summed E-state index contributed by atoms with van der Waals surface area (Å²) in [6, 6.07) is 44.1. The average molecular weight is 725 g/mol. The third-order valence-corrected chi connectivity index (χ3v) is 15.7. The van der Waals surface area contributed by atoms with Gasteiger partial charge in [0.1, 0.15) is 11.2 Å². The van der Waals surface area contributed by atoms with Crippen LogP contribution < -0.4 is 36.6 Å². The minimum absolute atomic E-state index is 0.0487. The minimum Gasteiger partial charge on any atom is -0.456 e. The van der Waals surface area contributed by atoms with E-state index in [1.165, 1.54) is 71.7 Å². The monoisotopic (exact) mass is 724 g/mol. The molecule has 2 aliphatic rings. The molecule has 9 rings (SSSR count). The van der Waals surface area contributed by atoms with E-state index < -0.39 is 16.1 Å². The Morgan fingerprint density at radius 1 is 0.566 bits per heavy atom. The van der Waals surface area contributed by atoms with E-state index in [1.807, 2.05) is 0 Å². The molecule has 3 nitrogen and oxygen atoms in total. The fraction of sp³-hybridized carbons (Fsp3) is 0.234. The summed E-state index contributed by atoms with van der Waals surface area (Å²) < 4.78 is 6.61. The van der Waals surface area contributed by atoms with Crippen LogP contribution in [0.5, 0.6) is 0 Å². The second kappa shape index (κ2) is 11.6. The van der Waals surface area contributed by atoms with Crippen LogP contribution in [-0.4, -0.2) is 22.9 Å². The van der Waals surface area contributed by atoms with E-state index >= 15 is 0 Å². The lowest BCUT2D eigenvalue weighted by Crippen LogP contribution is -2.62. The highest BCUT2D eigenvalue weighted by Gasteiger charge is 2.45. The summed E-state index contributed by atoms with van der Waals surface area (Å²) in [5, 5.41) is 5.30. The molecule has 0 amide bonds. The second-order valence-electron chi connectivity index (χ2n) is 18.4. The largest absolute Gasteiger partial charge is 0.456 e. The standard InChI is InChI=1S/C47H49BN2OSi2/c1-30-15-17-33(18-16-30)50-41-28-31(47(2,3)4)27-40-45(41)48(37-24-26-43-44(46(37)50)36-13-11-12-14-42(36)51-43)38-29-35(53(8,9)10)23-25-39(38)49(40)32-19-21-34(22-20-32)52(5,6)7/h11-29H,1-10H3. The zero-order valence-corrected chi connectivity index (χ0v) is 34.8. The first-order chi connectivity index (χ1) is 25.1. The molecule has 2 aliphatic heterocycles. The van der Waals surface area contributed by atoms with Crippen LogP contribution in [0, 0.1) is 6.92 Å². The zero-order chi connectivity index (χ0) is 37.2. The lowest BCUT2D eigenvalue weighted by atomic mass is 9.33. The van der Waals surface area contributed by atoms with Gasteiger partial charge in [-0.1, -0.05) is 137 Å². The molecule has 0 aliphatic carbocycles. The summed E-state index contributed by atoms with van der Waals surface area (Å²) in [4.78, 5) is 5.13. The molecule has 0 bridgehead atoms. The normalized spacial score (nSPS) is 14.1. The van der Waals surface area contributed by atoms with E-state index in [9.17, 15) is 0 Å². The van der Waals surface area contributed by atoms with Crippen LogP contribution in [0.1, 0.15) is 31.9 Å². The molecule has 264 valence electrons. The van der Waals surface area contributed by atoms with Crippen molar-refractivity contribution in [3.05, 3.63) is 126 Å². The maximum absolute atomic E-state index is 6.61. The SMILES string of the molecule is Cc1ccc(N2c3cc(C(C)(C)C)cc4c3B(c3cc([Si](C)(C)C)ccc3N4c3ccc([Si](C)(C)C)cc3)c3ccc4oc5ccccc5c4c32)cc1. The number of furan rings is 1. The quantitative estimate of drug-likeness (QED) is 0.169. The van der Waals surface area contributed by atoms with Crippen LogP contribution in [0.3, 0.4) is 0 Å². The van der Waals surface area contributed by atoms with Gasteiger partial charge in [-0.25, -0.2) is 0 Å². The Kier molecular flexibility index (Phi) is 7.45. The smallest absolute Gasteiger partial charge is 0.252 e. The molecule has 0 radical (unpaired) electrons. The Morgan fingerprint density at radius 2 is 1.17 bits per heavy atom. The fourth-order valence-corrected chi connectivity index (χ4v) is 10.9. The van der Waals surface area contributed by atoms with Crippen molar-refractivity contribution in [2.45, 2.75) is 72.4 Å². The predicted octanol–water partition coefficient (Wildman–Crippen LogP) is 10.4. The van der Waals surface area contributed by atoms with Crippen molar-refractivity contribution in [1.82, 2.24) is 0 Å². The number of para-hydroxylation sites is 1. The van der Waals surface area contributed by atoms with Crippen LogP contribution in [0.25, 0.3) is 21.9 Å². The van der Waals surface area contributed by atoms with Crippen molar-refractivity contribution in [3.8, 4) is 0 Å². The van der Waals surface area contributed by atoms with Crippen molar-refractivity contribution in [2.24, 2.45) is 0 Å². The van der Waals surface area contributed by atoms with Gasteiger partial charge in [0.2, 0.25) is 0 Å². The van der Waals surface area contributed by atoms with E-state index in [0.717, 1.165) is 22.2 Å². The third kappa shape index (κ3) is 5.36. The van der Waals surface area contributed by atoms with Crippen LogP contribution in [-0.2, 0) is 5.41 Å². The van der Waals surface area contributed by atoms with E-state index in [0.29, 0.717) is 0 Å². The summed E-state index contributed by atoms with van der Waals surface area (Å²) in [7, 11) is -3.14. The lowest BCUT2D eigenvalue weighted by Gasteiger charge is -2.45. The molecule has 3 heterocycles. The van der Waals surface area contributed by atoms with E-state index in [2.05, 4.69) is 192 Å². The van der Waals surface area contributed by atoms with Crippen molar-refractivity contribution in [3.63, 3.8) is 0 Å². The maximum atomic E-state index is 6.61. The Balaban J connectivity index is 1.45. The molecule has 0 saturated heterocycles. The molecule has 0 fully saturated rings. The number of fused-ring (bicyclic) bond motifs is 8. The zero-order valence-electron chi connectivity index (χ0n) is 32.8. The molecular formula is C47H49BN2OSi2. The number of hydrogen-bond donors (Lipinski definition) is 0. The number of rotatable bonds is 4. The van der Waals surface area contributed by atoms with Crippen molar-refractivity contribution < 1.29 is 4.42 Å². The van der Waals surface area contributed by atoms with E-state index in [4.69, 9.17) is 4.42 Å². The first kappa shape index (κ1) is 34.0. The van der Waals surface area contributed by atoms with Gasteiger partial charge in [0, 0.05) is 33.8 Å². The van der Waals surface area contributed by atoms with Gasteiger partial charge in [-0.3, -0.25) is 0 Å². The molecule has 0 spiro atoms. The van der Waals surface area contributed by atoms with Crippen molar-refractivity contribution >= 4 is 106 Å². The first-order valence-electron chi connectivity index (χ1n) is 19.1. The molecule has 0 N–H and O–H groups in total. The molecule has 53 heavy (non-hydrogen) atoms. The number of benzene rings is 6. The molecular weight excluding hydrogens is 676 g/mol.